The van der Waals surface area contributed by atoms with Crippen LogP contribution in [0.2, 0.25) is 0 Å². The van der Waals surface area contributed by atoms with Crippen LogP contribution in [0.25, 0.3) is 51.0 Å². The lowest BCUT2D eigenvalue weighted by atomic mass is 9.84. The Labute approximate surface area is 407 Å². The van der Waals surface area contributed by atoms with Crippen LogP contribution in [0.3, 0.4) is 0 Å². The number of imidazole rings is 2. The summed E-state index contributed by atoms with van der Waals surface area (Å²) in [6.45, 7) is 8.61. The summed E-state index contributed by atoms with van der Waals surface area (Å²) >= 11 is 0. The van der Waals surface area contributed by atoms with Gasteiger partial charge in [0, 0.05) is 29.9 Å². The second-order valence-electron chi connectivity index (χ2n) is 19.6. The number of hydrogen-bond donors (Lipinski definition) is 5. The molecule has 5 heterocycles. The number of nitrogens with one attached hydrogen (secondary N) is 4. The molecule has 1 saturated carbocycles. The number of amides is 3. The Morgan fingerprint density at radius 3 is 1.80 bits per heavy atom. The number of hydrogen-bond acceptors (Lipinski definition) is 10. The van der Waals surface area contributed by atoms with E-state index >= 15 is 0 Å². The standard InChI is InChI=1S/C53H63N11O6/c1-32(2)45(58-52(69)70-5)50(66)62-27-9-13-43(62)46-54-29-41(56-46)36-15-19-38(20-16-36)48-60-61-49(64(48)40-25-23-35(24-26-40)34-11-7-6-8-12-34)39-21-17-37(18-22-39)42-30-55-47(57-42)44-14-10-28-63(44)53(31-65,33(3)4)59-51(67)68/h15-26,29-34,43-45,59H,6-14,27-28H2,1-5H3,(H,54,56)(H,55,57)(H,58,69)(H,67,68)/t43-,44-,45-,53-/m0/s1. The fraction of sp³-hybridized carbons (Fsp3) is 0.434. The quantitative estimate of drug-likeness (QED) is 0.0611. The molecule has 3 aromatic heterocycles. The van der Waals surface area contributed by atoms with Gasteiger partial charge in [0.1, 0.15) is 17.7 Å². The minimum atomic E-state index is -1.38. The molecule has 17 nitrogen and oxygen atoms in total. The van der Waals surface area contributed by atoms with Gasteiger partial charge >= 0.3 is 12.2 Å². The number of H-pyrrole nitrogens is 2. The van der Waals surface area contributed by atoms with E-state index in [2.05, 4.69) is 49.4 Å². The summed E-state index contributed by atoms with van der Waals surface area (Å²) in [7, 11) is 1.29. The SMILES string of the molecule is COC(=O)N[C@H](C(=O)N1CCC[C@H]1c1ncc(-c2ccc(-c3nnc(-c4ccc(-c5cnc([C@@H]6CCCN6[C@](C=O)(NC(=O)O)C(C)C)[nH]5)cc4)n3-c3ccc(C4CCCCC4)cc3)cc2)[nH]1)C(C)C. The summed E-state index contributed by atoms with van der Waals surface area (Å²) in [5.74, 6) is 2.71. The van der Waals surface area contributed by atoms with E-state index in [0.717, 1.165) is 65.0 Å². The highest BCUT2D eigenvalue weighted by molar-refractivity contribution is 5.86. The number of aromatic amines is 2. The normalized spacial score (nSPS) is 19.0. The molecule has 1 aliphatic carbocycles. The summed E-state index contributed by atoms with van der Waals surface area (Å²) in [5.41, 5.74) is 6.11. The third-order valence-corrected chi connectivity index (χ3v) is 14.6. The van der Waals surface area contributed by atoms with Gasteiger partial charge < -0.3 is 30.0 Å². The number of carbonyl (C=O) groups is 4. The lowest BCUT2D eigenvalue weighted by Crippen LogP contribution is -2.64. The molecule has 3 fully saturated rings. The first-order chi connectivity index (χ1) is 33.9. The van der Waals surface area contributed by atoms with Crippen LogP contribution >= 0.6 is 0 Å². The summed E-state index contributed by atoms with van der Waals surface area (Å²) in [6, 6.07) is 23.8. The van der Waals surface area contributed by atoms with Gasteiger partial charge in [0.05, 0.1) is 43.0 Å². The van der Waals surface area contributed by atoms with Crippen LogP contribution < -0.4 is 10.6 Å². The number of benzene rings is 3. The molecule has 366 valence electrons. The number of rotatable bonds is 15. The number of methoxy groups -OCH3 is 1. The number of nitrogens with zero attached hydrogens (tertiary/aromatic N) is 7. The largest absolute Gasteiger partial charge is 0.465 e. The fourth-order valence-corrected chi connectivity index (χ4v) is 10.8. The van der Waals surface area contributed by atoms with Crippen molar-refractivity contribution in [1.82, 2.24) is 55.1 Å². The topological polar surface area (TPSA) is 216 Å². The van der Waals surface area contributed by atoms with E-state index in [1.165, 1.54) is 44.8 Å². The fourth-order valence-electron chi connectivity index (χ4n) is 10.8. The van der Waals surface area contributed by atoms with Crippen molar-refractivity contribution in [1.29, 1.82) is 0 Å². The first kappa shape index (κ1) is 47.9. The van der Waals surface area contributed by atoms with Crippen LogP contribution in [0.4, 0.5) is 9.59 Å². The van der Waals surface area contributed by atoms with Crippen LogP contribution in [-0.4, -0.2) is 106 Å². The molecule has 3 amide bonds. The van der Waals surface area contributed by atoms with Gasteiger partial charge in [0.2, 0.25) is 5.91 Å². The summed E-state index contributed by atoms with van der Waals surface area (Å²) in [6.07, 6.45) is 11.7. The molecule has 70 heavy (non-hydrogen) atoms. The Morgan fingerprint density at radius 1 is 0.729 bits per heavy atom. The zero-order chi connectivity index (χ0) is 49.1. The minimum Gasteiger partial charge on any atom is -0.465 e. The number of alkyl carbamates (subject to hydrolysis) is 1. The molecule has 0 spiro atoms. The molecular weight excluding hydrogens is 887 g/mol. The van der Waals surface area contributed by atoms with Crippen LogP contribution in [0.15, 0.2) is 85.2 Å². The van der Waals surface area contributed by atoms with E-state index < -0.39 is 23.9 Å². The molecule has 5 N–H and O–H groups in total. The molecule has 17 heteroatoms. The Hall–Kier alpha value is -7.14. The second kappa shape index (κ2) is 20.4. The van der Waals surface area contributed by atoms with Crippen molar-refractivity contribution in [2.75, 3.05) is 20.2 Å². The molecule has 2 saturated heterocycles. The molecule has 0 bridgehead atoms. The van der Waals surface area contributed by atoms with Crippen molar-refractivity contribution in [3.8, 4) is 51.0 Å². The third-order valence-electron chi connectivity index (χ3n) is 14.6. The van der Waals surface area contributed by atoms with Crippen molar-refractivity contribution in [3.63, 3.8) is 0 Å². The average Bonchev–Trinajstić information content (AvgIpc) is 4.25. The Bertz CT molecular complexity index is 2790. The van der Waals surface area contributed by atoms with Gasteiger partial charge in [-0.15, -0.1) is 10.2 Å². The number of likely N-dealkylation sites (tertiary alicyclic amines) is 2. The minimum absolute atomic E-state index is 0.130. The van der Waals surface area contributed by atoms with Crippen LogP contribution in [-0.2, 0) is 14.3 Å². The predicted octanol–water partition coefficient (Wildman–Crippen LogP) is 9.43. The van der Waals surface area contributed by atoms with E-state index in [0.29, 0.717) is 48.6 Å². The number of aldehydes is 1. The highest BCUT2D eigenvalue weighted by Crippen LogP contribution is 2.40. The van der Waals surface area contributed by atoms with E-state index in [1.807, 2.05) is 86.0 Å². The Kier molecular flexibility index (Phi) is 14.0. The molecule has 3 aliphatic rings. The van der Waals surface area contributed by atoms with Crippen LogP contribution in [0.1, 0.15) is 121 Å². The van der Waals surface area contributed by atoms with Gasteiger partial charge in [-0.3, -0.25) is 24.4 Å². The van der Waals surface area contributed by atoms with E-state index in [9.17, 15) is 24.3 Å². The van der Waals surface area contributed by atoms with E-state index in [4.69, 9.17) is 24.9 Å². The maximum absolute atomic E-state index is 13.8. The number of aromatic nitrogens is 7. The number of carbonyl (C=O) groups excluding carboxylic acids is 3. The lowest BCUT2D eigenvalue weighted by Gasteiger charge is -2.43. The summed E-state index contributed by atoms with van der Waals surface area (Å²) in [5, 5.41) is 24.5. The molecule has 2 aliphatic heterocycles. The molecule has 6 aromatic rings. The maximum Gasteiger partial charge on any atom is 0.407 e. The van der Waals surface area contributed by atoms with Gasteiger partial charge in [0.25, 0.3) is 0 Å². The molecule has 4 atom stereocenters. The number of carboxylic acid groups (broad SMARTS) is 1. The smallest absolute Gasteiger partial charge is 0.407 e. The zero-order valence-corrected chi connectivity index (χ0v) is 40.5. The predicted molar refractivity (Wildman–Crippen MR) is 265 cm³/mol. The second-order valence-corrected chi connectivity index (χ2v) is 19.6. The van der Waals surface area contributed by atoms with Crippen molar-refractivity contribution < 1.29 is 29.0 Å². The van der Waals surface area contributed by atoms with Gasteiger partial charge in [-0.25, -0.2) is 19.6 Å². The molecule has 0 radical (unpaired) electrons. The van der Waals surface area contributed by atoms with Gasteiger partial charge in [-0.1, -0.05) is 108 Å². The van der Waals surface area contributed by atoms with Crippen molar-refractivity contribution >= 4 is 24.4 Å². The highest BCUT2D eigenvalue weighted by Gasteiger charge is 2.48. The first-order valence-electron chi connectivity index (χ1n) is 24.6. The third kappa shape index (κ3) is 9.46. The average molecular weight is 950 g/mol. The van der Waals surface area contributed by atoms with Crippen LogP contribution in [0, 0.1) is 11.8 Å². The van der Waals surface area contributed by atoms with Crippen molar-refractivity contribution in [3.05, 3.63) is 102 Å². The Morgan fingerprint density at radius 2 is 1.27 bits per heavy atom. The Balaban J connectivity index is 0.984. The lowest BCUT2D eigenvalue weighted by molar-refractivity contribution is -0.135. The first-order valence-corrected chi connectivity index (χ1v) is 24.6. The van der Waals surface area contributed by atoms with E-state index in [-0.39, 0.29) is 29.8 Å². The van der Waals surface area contributed by atoms with E-state index in [1.54, 1.807) is 12.4 Å². The molecular formula is C53H63N11O6. The van der Waals surface area contributed by atoms with Gasteiger partial charge in [-0.2, -0.15) is 0 Å². The highest BCUT2D eigenvalue weighted by atomic mass is 16.5. The van der Waals surface area contributed by atoms with Crippen molar-refractivity contribution in [2.24, 2.45) is 11.8 Å². The van der Waals surface area contributed by atoms with Gasteiger partial charge in [0.15, 0.2) is 23.6 Å². The zero-order valence-electron chi connectivity index (χ0n) is 40.5. The van der Waals surface area contributed by atoms with Crippen LogP contribution in [0.5, 0.6) is 0 Å². The van der Waals surface area contributed by atoms with Crippen molar-refractivity contribution in [2.45, 2.75) is 115 Å². The summed E-state index contributed by atoms with van der Waals surface area (Å²) in [4.78, 5) is 70.5. The van der Waals surface area contributed by atoms with Gasteiger partial charge in [-0.05, 0) is 85.1 Å². The summed E-state index contributed by atoms with van der Waals surface area (Å²) < 4.78 is 6.91. The maximum atomic E-state index is 13.8. The number of ether oxygens (including phenoxy) is 1. The molecule has 9 rings (SSSR count). The molecule has 0 unspecified atom stereocenters. The molecule has 3 aromatic carbocycles. The monoisotopic (exact) mass is 949 g/mol.